The smallest absolute Gasteiger partial charge is 0.229 e. The number of hydrogen-bond donors (Lipinski definition) is 1. The Bertz CT molecular complexity index is 904. The average molecular weight is 383 g/mol. The first kappa shape index (κ1) is 18.3. The molecule has 0 aliphatic carbocycles. The van der Waals surface area contributed by atoms with Crippen molar-refractivity contribution < 1.29 is 22.8 Å². The Morgan fingerprint density at radius 1 is 1.19 bits per heavy atom. The number of amides is 2. The lowest BCUT2D eigenvalue weighted by atomic mass is 10.1. The van der Waals surface area contributed by atoms with Crippen LogP contribution in [0.15, 0.2) is 30.3 Å². The molecule has 1 unspecified atom stereocenters. The van der Waals surface area contributed by atoms with Gasteiger partial charge in [0.2, 0.25) is 11.8 Å². The predicted octanol–water partition coefficient (Wildman–Crippen LogP) is 4.06. The van der Waals surface area contributed by atoms with Crippen LogP contribution >= 0.6 is 11.6 Å². The van der Waals surface area contributed by atoms with Crippen LogP contribution in [-0.4, -0.2) is 18.4 Å². The van der Waals surface area contributed by atoms with Crippen molar-refractivity contribution in [3.8, 4) is 0 Å². The summed E-state index contributed by atoms with van der Waals surface area (Å²) in [6.07, 6.45) is -0.163. The molecule has 0 aromatic heterocycles. The third-order valence-electron chi connectivity index (χ3n) is 4.33. The molecule has 2 amide bonds. The summed E-state index contributed by atoms with van der Waals surface area (Å²) < 4.78 is 40.4. The first-order valence-electron chi connectivity index (χ1n) is 7.79. The number of carbonyl (C=O) groups excluding carboxylic acids is 2. The van der Waals surface area contributed by atoms with Crippen molar-refractivity contribution in [2.24, 2.45) is 5.92 Å². The SMILES string of the molecule is Cc1c(Cl)cccc1NC(=O)C1CC(=O)N(c2ccc(F)c(F)c2F)C1. The standard InChI is InChI=1S/C18H14ClF3N2O2/c1-9-11(19)3-2-4-13(9)23-18(26)10-7-15(25)24(8-10)14-6-5-12(20)16(21)17(14)22/h2-6,10H,7-8H2,1H3,(H,23,26). The number of benzene rings is 2. The molecular weight excluding hydrogens is 369 g/mol. The van der Waals surface area contributed by atoms with Gasteiger partial charge in [0, 0.05) is 23.7 Å². The summed E-state index contributed by atoms with van der Waals surface area (Å²) in [4.78, 5) is 25.6. The second kappa shape index (κ2) is 6.99. The van der Waals surface area contributed by atoms with E-state index in [4.69, 9.17) is 11.6 Å². The van der Waals surface area contributed by atoms with E-state index in [1.165, 1.54) is 0 Å². The normalized spacial score (nSPS) is 16.9. The van der Waals surface area contributed by atoms with Crippen LogP contribution in [0.2, 0.25) is 5.02 Å². The van der Waals surface area contributed by atoms with Gasteiger partial charge in [-0.1, -0.05) is 17.7 Å². The number of anilines is 2. The van der Waals surface area contributed by atoms with E-state index in [2.05, 4.69) is 5.32 Å². The molecule has 1 saturated heterocycles. The molecule has 3 rings (SSSR count). The Morgan fingerprint density at radius 3 is 2.65 bits per heavy atom. The lowest BCUT2D eigenvalue weighted by Crippen LogP contribution is -2.29. The van der Waals surface area contributed by atoms with Gasteiger partial charge in [0.25, 0.3) is 0 Å². The van der Waals surface area contributed by atoms with Crippen molar-refractivity contribution in [1.29, 1.82) is 0 Å². The number of nitrogens with zero attached hydrogens (tertiary/aromatic N) is 1. The zero-order chi connectivity index (χ0) is 19.0. The highest BCUT2D eigenvalue weighted by molar-refractivity contribution is 6.31. The molecule has 2 aromatic rings. The van der Waals surface area contributed by atoms with Gasteiger partial charge in [0.15, 0.2) is 17.5 Å². The van der Waals surface area contributed by atoms with E-state index in [9.17, 15) is 22.8 Å². The van der Waals surface area contributed by atoms with Crippen LogP contribution in [0.25, 0.3) is 0 Å². The van der Waals surface area contributed by atoms with E-state index in [1.807, 2.05) is 0 Å². The van der Waals surface area contributed by atoms with Crippen molar-refractivity contribution in [2.75, 3.05) is 16.8 Å². The molecule has 0 radical (unpaired) electrons. The molecule has 4 nitrogen and oxygen atoms in total. The minimum Gasteiger partial charge on any atom is -0.325 e. The summed E-state index contributed by atoms with van der Waals surface area (Å²) in [5.41, 5.74) is 0.797. The van der Waals surface area contributed by atoms with Crippen LogP contribution in [0.4, 0.5) is 24.5 Å². The maximum atomic E-state index is 13.9. The maximum Gasteiger partial charge on any atom is 0.229 e. The Kier molecular flexibility index (Phi) is 4.91. The van der Waals surface area contributed by atoms with Gasteiger partial charge >= 0.3 is 0 Å². The number of carbonyl (C=O) groups is 2. The summed E-state index contributed by atoms with van der Waals surface area (Å²) in [5, 5.41) is 3.17. The molecule has 1 atom stereocenters. The topological polar surface area (TPSA) is 49.4 Å². The van der Waals surface area contributed by atoms with E-state index >= 15 is 0 Å². The molecule has 8 heteroatoms. The second-order valence-corrected chi connectivity index (χ2v) is 6.41. The molecule has 0 spiro atoms. The van der Waals surface area contributed by atoms with Crippen LogP contribution in [0, 0.1) is 30.3 Å². The van der Waals surface area contributed by atoms with Gasteiger partial charge in [-0.2, -0.15) is 0 Å². The summed E-state index contributed by atoms with van der Waals surface area (Å²) >= 11 is 6.01. The summed E-state index contributed by atoms with van der Waals surface area (Å²) in [6.45, 7) is 1.60. The molecule has 1 aliphatic heterocycles. The van der Waals surface area contributed by atoms with Gasteiger partial charge in [-0.25, -0.2) is 13.2 Å². The molecular formula is C18H14ClF3N2O2. The van der Waals surface area contributed by atoms with Crippen molar-refractivity contribution in [1.82, 2.24) is 0 Å². The summed E-state index contributed by atoms with van der Waals surface area (Å²) in [5.74, 6) is -6.19. The van der Waals surface area contributed by atoms with Crippen molar-refractivity contribution >= 4 is 34.8 Å². The lowest BCUT2D eigenvalue weighted by molar-refractivity contribution is -0.122. The molecule has 2 aromatic carbocycles. The summed E-state index contributed by atoms with van der Waals surface area (Å²) in [6, 6.07) is 6.74. The number of nitrogens with one attached hydrogen (secondary N) is 1. The van der Waals surface area contributed by atoms with Crippen LogP contribution < -0.4 is 10.2 Å². The Balaban J connectivity index is 1.78. The van der Waals surface area contributed by atoms with Gasteiger partial charge in [-0.15, -0.1) is 0 Å². The zero-order valence-electron chi connectivity index (χ0n) is 13.7. The van der Waals surface area contributed by atoms with Gasteiger partial charge in [-0.05, 0) is 36.8 Å². The lowest BCUT2D eigenvalue weighted by Gasteiger charge is -2.18. The quantitative estimate of drug-likeness (QED) is 0.814. The highest BCUT2D eigenvalue weighted by atomic mass is 35.5. The highest BCUT2D eigenvalue weighted by Gasteiger charge is 2.37. The molecule has 136 valence electrons. The van der Waals surface area contributed by atoms with Gasteiger partial charge < -0.3 is 10.2 Å². The number of hydrogen-bond acceptors (Lipinski definition) is 2. The van der Waals surface area contributed by atoms with E-state index in [-0.39, 0.29) is 18.7 Å². The first-order valence-corrected chi connectivity index (χ1v) is 8.17. The van der Waals surface area contributed by atoms with Crippen LogP contribution in [0.1, 0.15) is 12.0 Å². The fourth-order valence-corrected chi connectivity index (χ4v) is 2.99. The Hall–Kier alpha value is -2.54. The minimum atomic E-state index is -1.65. The maximum absolute atomic E-state index is 13.9. The summed E-state index contributed by atoms with van der Waals surface area (Å²) in [7, 11) is 0. The Morgan fingerprint density at radius 2 is 1.92 bits per heavy atom. The second-order valence-electron chi connectivity index (χ2n) is 6.00. The van der Waals surface area contributed by atoms with Gasteiger partial charge in [0.1, 0.15) is 0 Å². The third kappa shape index (κ3) is 3.26. The van der Waals surface area contributed by atoms with Crippen molar-refractivity contribution in [3.05, 3.63) is 58.4 Å². The number of rotatable bonds is 3. The largest absolute Gasteiger partial charge is 0.325 e. The van der Waals surface area contributed by atoms with Gasteiger partial charge in [-0.3, -0.25) is 9.59 Å². The number of halogens is 4. The molecule has 1 fully saturated rings. The molecule has 26 heavy (non-hydrogen) atoms. The van der Waals surface area contributed by atoms with E-state index in [0.717, 1.165) is 17.0 Å². The Labute approximate surface area is 152 Å². The molecule has 1 aliphatic rings. The zero-order valence-corrected chi connectivity index (χ0v) is 14.4. The van der Waals surface area contributed by atoms with Crippen LogP contribution in [-0.2, 0) is 9.59 Å². The van der Waals surface area contributed by atoms with Crippen molar-refractivity contribution in [3.63, 3.8) is 0 Å². The van der Waals surface area contributed by atoms with E-state index < -0.39 is 35.2 Å². The van der Waals surface area contributed by atoms with E-state index in [1.54, 1.807) is 25.1 Å². The monoisotopic (exact) mass is 382 g/mol. The van der Waals surface area contributed by atoms with E-state index in [0.29, 0.717) is 16.3 Å². The fraction of sp³-hybridized carbons (Fsp3) is 0.222. The molecule has 1 heterocycles. The fourth-order valence-electron chi connectivity index (χ4n) is 2.82. The molecule has 0 saturated carbocycles. The third-order valence-corrected chi connectivity index (χ3v) is 4.74. The average Bonchev–Trinajstić information content (AvgIpc) is 2.99. The first-order chi connectivity index (χ1) is 12.3. The minimum absolute atomic E-state index is 0.133. The van der Waals surface area contributed by atoms with Crippen LogP contribution in [0.5, 0.6) is 0 Å². The van der Waals surface area contributed by atoms with Crippen LogP contribution in [0.3, 0.4) is 0 Å². The highest BCUT2D eigenvalue weighted by Crippen LogP contribution is 2.31. The molecule has 0 bridgehead atoms. The van der Waals surface area contributed by atoms with Gasteiger partial charge in [0.05, 0.1) is 11.6 Å². The van der Waals surface area contributed by atoms with Crippen molar-refractivity contribution in [2.45, 2.75) is 13.3 Å². The predicted molar refractivity (Wildman–Crippen MR) is 91.6 cm³/mol. The molecule has 1 N–H and O–H groups in total.